The van der Waals surface area contributed by atoms with Gasteiger partial charge < -0.3 is 28.6 Å². The SMILES string of the molecule is CC/C=C/C/C=C/C/C=C/CCCCCCCCCCCCCCCC(=O)OCC(COCCC(C(=O)[O-])[N+](C)(C)C)OC(=O)CCCCCCC/C=C/C=C/C=C/CCCCCCC. The summed E-state index contributed by atoms with van der Waals surface area (Å²) < 4.78 is 17.2. The third kappa shape index (κ3) is 45.7. The van der Waals surface area contributed by atoms with E-state index in [0.29, 0.717) is 12.8 Å². The standard InChI is InChI=1S/C57H99NO7/c1-6-8-10-12-14-16-18-20-22-24-26-27-28-29-30-32-33-35-37-39-41-43-45-47-55(59)64-52-53(51-63-50-49-54(57(61)62)58(3,4)5)65-56(60)48-46-44-42-40-38-36-34-31-25-23-21-19-17-15-13-11-9-7-2/h8,10,14,16,19-23,25,31,34,53-54H,6-7,9,11-13,15,17-18,24,26-30,32-33,35-52H2,1-5H3/b10-8+,16-14+,21-19+,22-20+,25-23+,34-31+. The van der Waals surface area contributed by atoms with Crippen LogP contribution in [0.5, 0.6) is 0 Å². The van der Waals surface area contributed by atoms with E-state index in [2.05, 4.69) is 86.8 Å². The zero-order valence-electron chi connectivity index (χ0n) is 42.6. The maximum Gasteiger partial charge on any atom is 0.306 e. The lowest BCUT2D eigenvalue weighted by molar-refractivity contribution is -0.889. The zero-order chi connectivity index (χ0) is 47.7. The van der Waals surface area contributed by atoms with Crippen molar-refractivity contribution in [1.29, 1.82) is 0 Å². The van der Waals surface area contributed by atoms with Crippen molar-refractivity contribution in [2.75, 3.05) is 41.0 Å². The van der Waals surface area contributed by atoms with Crippen molar-refractivity contribution < 1.29 is 38.2 Å². The number of allylic oxidation sites excluding steroid dienone is 12. The number of rotatable bonds is 47. The highest BCUT2D eigenvalue weighted by atomic mass is 16.6. The number of nitrogens with zero attached hydrogens (tertiary/aromatic N) is 1. The second kappa shape index (κ2) is 47.3. The minimum atomic E-state index is -1.13. The van der Waals surface area contributed by atoms with Gasteiger partial charge in [-0.05, 0) is 70.6 Å². The molecule has 0 radical (unpaired) electrons. The molecule has 0 saturated carbocycles. The molecule has 8 nitrogen and oxygen atoms in total. The molecule has 0 bridgehead atoms. The van der Waals surface area contributed by atoms with E-state index in [-0.39, 0.29) is 42.7 Å². The highest BCUT2D eigenvalue weighted by Crippen LogP contribution is 2.15. The summed E-state index contributed by atoms with van der Waals surface area (Å²) in [7, 11) is 5.41. The Kier molecular flexibility index (Phi) is 44.9. The van der Waals surface area contributed by atoms with E-state index < -0.39 is 18.1 Å². The van der Waals surface area contributed by atoms with Crippen LogP contribution in [0.25, 0.3) is 0 Å². The summed E-state index contributed by atoms with van der Waals surface area (Å²) in [5, 5.41) is 11.7. The molecule has 0 heterocycles. The van der Waals surface area contributed by atoms with Crippen LogP contribution in [-0.4, -0.2) is 75.5 Å². The number of quaternary nitrogens is 1. The van der Waals surface area contributed by atoms with E-state index in [4.69, 9.17) is 14.2 Å². The Morgan fingerprint density at radius 3 is 1.40 bits per heavy atom. The number of hydrogen-bond donors (Lipinski definition) is 0. The van der Waals surface area contributed by atoms with E-state index in [1.165, 1.54) is 103 Å². The Morgan fingerprint density at radius 1 is 0.492 bits per heavy atom. The minimum Gasteiger partial charge on any atom is -0.544 e. The summed E-state index contributed by atoms with van der Waals surface area (Å²) in [5.74, 6) is -1.76. The van der Waals surface area contributed by atoms with Gasteiger partial charge in [-0.1, -0.05) is 202 Å². The van der Waals surface area contributed by atoms with Gasteiger partial charge in [0.15, 0.2) is 6.10 Å². The molecule has 0 aliphatic heterocycles. The molecule has 65 heavy (non-hydrogen) atoms. The van der Waals surface area contributed by atoms with Gasteiger partial charge in [0.2, 0.25) is 0 Å². The van der Waals surface area contributed by atoms with Crippen molar-refractivity contribution >= 4 is 17.9 Å². The van der Waals surface area contributed by atoms with Gasteiger partial charge in [0, 0.05) is 19.3 Å². The Bertz CT molecular complexity index is 1290. The molecular weight excluding hydrogens is 811 g/mol. The summed E-state index contributed by atoms with van der Waals surface area (Å²) in [6.07, 6.45) is 60.7. The molecular formula is C57H99NO7. The Labute approximate surface area is 400 Å². The number of esters is 2. The maximum absolute atomic E-state index is 12.8. The van der Waals surface area contributed by atoms with Crippen molar-refractivity contribution in [2.24, 2.45) is 0 Å². The minimum absolute atomic E-state index is 0.0300. The smallest absolute Gasteiger partial charge is 0.306 e. The van der Waals surface area contributed by atoms with E-state index >= 15 is 0 Å². The molecule has 0 aliphatic carbocycles. The van der Waals surface area contributed by atoms with Crippen LogP contribution >= 0.6 is 0 Å². The lowest BCUT2D eigenvalue weighted by atomic mass is 10.0. The fourth-order valence-electron chi connectivity index (χ4n) is 7.56. The molecule has 0 aromatic rings. The first-order valence-corrected chi connectivity index (χ1v) is 26.5. The van der Waals surface area contributed by atoms with E-state index in [1.54, 1.807) is 21.1 Å². The highest BCUT2D eigenvalue weighted by molar-refractivity contribution is 5.70. The third-order valence-corrected chi connectivity index (χ3v) is 11.6. The van der Waals surface area contributed by atoms with E-state index in [9.17, 15) is 19.5 Å². The predicted molar refractivity (Wildman–Crippen MR) is 272 cm³/mol. The van der Waals surface area contributed by atoms with Crippen molar-refractivity contribution in [3.63, 3.8) is 0 Å². The van der Waals surface area contributed by atoms with Crippen molar-refractivity contribution in [3.8, 4) is 0 Å². The molecule has 0 fully saturated rings. The van der Waals surface area contributed by atoms with Crippen LogP contribution in [0.1, 0.15) is 219 Å². The van der Waals surface area contributed by atoms with Crippen molar-refractivity contribution in [3.05, 3.63) is 72.9 Å². The van der Waals surface area contributed by atoms with Gasteiger partial charge in [0.1, 0.15) is 12.6 Å². The van der Waals surface area contributed by atoms with E-state index in [0.717, 1.165) is 83.5 Å². The van der Waals surface area contributed by atoms with E-state index in [1.807, 2.05) is 0 Å². The highest BCUT2D eigenvalue weighted by Gasteiger charge is 2.25. The Morgan fingerprint density at radius 2 is 0.923 bits per heavy atom. The number of carbonyl (C=O) groups excluding carboxylic acids is 3. The lowest BCUT2D eigenvalue weighted by Gasteiger charge is -2.34. The van der Waals surface area contributed by atoms with Crippen LogP contribution in [0.2, 0.25) is 0 Å². The molecule has 0 aromatic carbocycles. The summed E-state index contributed by atoms with van der Waals surface area (Å²) >= 11 is 0. The van der Waals surface area contributed by atoms with Crippen LogP contribution in [-0.2, 0) is 28.6 Å². The average Bonchev–Trinajstić information content (AvgIpc) is 3.27. The van der Waals surface area contributed by atoms with Gasteiger partial charge in [-0.25, -0.2) is 0 Å². The van der Waals surface area contributed by atoms with Crippen LogP contribution in [0.4, 0.5) is 0 Å². The first-order valence-electron chi connectivity index (χ1n) is 26.5. The normalized spacial score (nSPS) is 13.4. The maximum atomic E-state index is 12.8. The second-order valence-electron chi connectivity index (χ2n) is 18.8. The summed E-state index contributed by atoms with van der Waals surface area (Å²) in [4.78, 5) is 37.1. The number of carboxylic acid groups (broad SMARTS) is 1. The average molecular weight is 910 g/mol. The summed E-state index contributed by atoms with van der Waals surface area (Å²) in [5.41, 5.74) is 0. The molecule has 0 N–H and O–H groups in total. The van der Waals surface area contributed by atoms with Gasteiger partial charge in [-0.3, -0.25) is 9.59 Å². The molecule has 8 heteroatoms. The topological polar surface area (TPSA) is 102 Å². The number of carbonyl (C=O) groups is 3. The number of aliphatic carboxylic acids is 1. The number of carboxylic acids is 1. The molecule has 0 saturated heterocycles. The first kappa shape index (κ1) is 61.8. The van der Waals surface area contributed by atoms with Crippen LogP contribution < -0.4 is 5.11 Å². The van der Waals surface area contributed by atoms with Crippen molar-refractivity contribution in [2.45, 2.75) is 231 Å². The molecule has 374 valence electrons. The Balaban J connectivity index is 4.24. The van der Waals surface area contributed by atoms with Crippen LogP contribution in [0, 0.1) is 0 Å². The molecule has 0 spiro atoms. The molecule has 2 unspecified atom stereocenters. The number of ether oxygens (including phenoxy) is 3. The molecule has 0 rings (SSSR count). The van der Waals surface area contributed by atoms with Gasteiger partial charge in [-0.15, -0.1) is 0 Å². The molecule has 0 aromatic heterocycles. The van der Waals surface area contributed by atoms with Crippen molar-refractivity contribution in [1.82, 2.24) is 0 Å². The second-order valence-corrected chi connectivity index (χ2v) is 18.8. The molecule has 0 aliphatic rings. The van der Waals surface area contributed by atoms with Gasteiger partial charge >= 0.3 is 11.9 Å². The summed E-state index contributed by atoms with van der Waals surface area (Å²) in [6, 6.07) is -0.733. The predicted octanol–water partition coefficient (Wildman–Crippen LogP) is 14.1. The number of unbranched alkanes of at least 4 members (excludes halogenated alkanes) is 23. The zero-order valence-corrected chi connectivity index (χ0v) is 42.6. The molecule has 0 amide bonds. The molecule has 2 atom stereocenters. The van der Waals surface area contributed by atoms with Crippen LogP contribution in [0.15, 0.2) is 72.9 Å². The Hall–Kier alpha value is -3.23. The van der Waals surface area contributed by atoms with Crippen LogP contribution in [0.3, 0.4) is 0 Å². The van der Waals surface area contributed by atoms with Gasteiger partial charge in [0.05, 0.1) is 40.3 Å². The number of hydrogen-bond acceptors (Lipinski definition) is 7. The first-order chi connectivity index (χ1) is 31.6. The quantitative estimate of drug-likeness (QED) is 0.0197. The fourth-order valence-corrected chi connectivity index (χ4v) is 7.56. The monoisotopic (exact) mass is 910 g/mol. The van der Waals surface area contributed by atoms with Gasteiger partial charge in [-0.2, -0.15) is 0 Å². The largest absolute Gasteiger partial charge is 0.544 e. The lowest BCUT2D eigenvalue weighted by Crippen LogP contribution is -2.55. The fraction of sp³-hybridized carbons (Fsp3) is 0.737. The summed E-state index contributed by atoms with van der Waals surface area (Å²) in [6.45, 7) is 4.53. The number of likely N-dealkylation sites (N-methyl/N-ethyl adjacent to an activating group) is 1. The third-order valence-electron chi connectivity index (χ3n) is 11.6. The van der Waals surface area contributed by atoms with Gasteiger partial charge in [0.25, 0.3) is 0 Å².